The maximum Gasteiger partial charge on any atom is 0.130 e. The lowest BCUT2D eigenvalue weighted by Crippen LogP contribution is -2.18. The number of fused-ring (bicyclic) bond motifs is 2. The number of hydrogen-bond acceptors (Lipinski definition) is 8. The van der Waals surface area contributed by atoms with E-state index < -0.39 is 0 Å². The van der Waals surface area contributed by atoms with Crippen LogP contribution in [0.5, 0.6) is 0 Å². The van der Waals surface area contributed by atoms with Gasteiger partial charge < -0.3 is 22.5 Å². The van der Waals surface area contributed by atoms with Crippen molar-refractivity contribution in [3.8, 4) is 0 Å². The fraction of sp³-hybridized carbons (Fsp3) is 0.613. The predicted molar refractivity (Wildman–Crippen MR) is 166 cm³/mol. The van der Waals surface area contributed by atoms with Gasteiger partial charge in [-0.1, -0.05) is 90.2 Å². The Bertz CT molecular complexity index is 996. The third kappa shape index (κ3) is 12.3. The largest absolute Gasteiger partial charge is 0.383 e. The van der Waals surface area contributed by atoms with E-state index in [0.29, 0.717) is 11.6 Å². The molecule has 0 bridgehead atoms. The Morgan fingerprint density at radius 3 is 2.00 bits per heavy atom. The lowest BCUT2D eigenvalue weighted by atomic mass is 10.1. The van der Waals surface area contributed by atoms with Gasteiger partial charge in [-0.2, -0.15) is 0 Å². The summed E-state index contributed by atoms with van der Waals surface area (Å²) in [5, 5.41) is 3.51. The van der Waals surface area contributed by atoms with Crippen LogP contribution < -0.4 is 22.5 Å². The molecule has 216 valence electrons. The van der Waals surface area contributed by atoms with Gasteiger partial charge in [-0.3, -0.25) is 0 Å². The number of unbranched alkanes of at least 4 members (excludes halogenated alkanes) is 10. The summed E-state index contributed by atoms with van der Waals surface area (Å²) in [5.41, 5.74) is 22.2. The van der Waals surface area contributed by atoms with Crippen molar-refractivity contribution in [2.45, 2.75) is 104 Å². The van der Waals surface area contributed by atoms with E-state index in [1.165, 1.54) is 89.0 Å². The van der Waals surface area contributed by atoms with Crippen molar-refractivity contribution in [1.29, 1.82) is 0 Å². The minimum absolute atomic E-state index is 0.606. The molecule has 0 unspecified atom stereocenters. The number of aromatic nitrogens is 4. The van der Waals surface area contributed by atoms with Gasteiger partial charge in [0.1, 0.15) is 24.3 Å². The lowest BCUT2D eigenvalue weighted by Gasteiger charge is -2.07. The van der Waals surface area contributed by atoms with Gasteiger partial charge in [-0.05, 0) is 50.4 Å². The van der Waals surface area contributed by atoms with Crippen molar-refractivity contribution < 1.29 is 0 Å². The van der Waals surface area contributed by atoms with Crippen molar-refractivity contribution in [1.82, 2.24) is 25.3 Å². The highest BCUT2D eigenvalue weighted by atomic mass is 14.9. The first-order valence-corrected chi connectivity index (χ1v) is 15.1. The molecule has 0 aromatic carbocycles. The van der Waals surface area contributed by atoms with Crippen molar-refractivity contribution in [3.05, 3.63) is 47.3 Å². The number of nitrogens with one attached hydrogen (secondary N) is 1. The summed E-state index contributed by atoms with van der Waals surface area (Å²) in [7, 11) is 0. The molecular weight excluding hydrogens is 484 g/mol. The Morgan fingerprint density at radius 1 is 0.718 bits per heavy atom. The molecule has 2 aliphatic rings. The van der Waals surface area contributed by atoms with Gasteiger partial charge in [0, 0.05) is 17.7 Å². The highest BCUT2D eigenvalue weighted by Gasteiger charge is 2.17. The molecule has 8 heteroatoms. The smallest absolute Gasteiger partial charge is 0.130 e. The van der Waals surface area contributed by atoms with Gasteiger partial charge in [0.25, 0.3) is 0 Å². The summed E-state index contributed by atoms with van der Waals surface area (Å²) >= 11 is 0. The zero-order valence-electron chi connectivity index (χ0n) is 24.4. The fourth-order valence-electron chi connectivity index (χ4n) is 4.64. The summed E-state index contributed by atoms with van der Waals surface area (Å²) in [5.74, 6) is 1.23. The van der Waals surface area contributed by atoms with Crippen LogP contribution in [-0.2, 0) is 12.8 Å². The van der Waals surface area contributed by atoms with Crippen LogP contribution in [0.2, 0.25) is 0 Å². The number of anilines is 2. The molecule has 8 nitrogen and oxygen atoms in total. The summed E-state index contributed by atoms with van der Waals surface area (Å²) < 4.78 is 0. The number of nitrogens with zero attached hydrogens (tertiary/aromatic N) is 4. The minimum atomic E-state index is 0.606. The molecule has 0 aliphatic heterocycles. The van der Waals surface area contributed by atoms with Gasteiger partial charge in [-0.25, -0.2) is 19.9 Å². The average Bonchev–Trinajstić information content (AvgIpc) is 3.60. The van der Waals surface area contributed by atoms with Crippen molar-refractivity contribution in [2.75, 3.05) is 31.1 Å². The summed E-state index contributed by atoms with van der Waals surface area (Å²) in [6.07, 6.45) is 27.1. The standard InChI is InChI=1S/C16H26N4.C8H19N.C7H7N3/c1-2-3-4-5-6-7-10-18-11-13-8-9-14-15(13)19-12-20-16(14)17;1-2-3-4-5-6-7-8-9;8-7-5-2-1-3-6(5)9-4-10-7/h8,12,18H,2-7,9-11H2,1H3,(H2,17,19,20);2-9H2,1H3;1,3-4H,2H2,(H2,8,9,10). The molecule has 0 atom stereocenters. The van der Waals surface area contributed by atoms with Gasteiger partial charge in [-0.15, -0.1) is 0 Å². The predicted octanol–water partition coefficient (Wildman–Crippen LogP) is 5.88. The number of nitrogens with two attached hydrogens (primary N) is 3. The maximum absolute atomic E-state index is 5.86. The normalized spacial score (nSPS) is 12.6. The Balaban J connectivity index is 0.000000233. The van der Waals surface area contributed by atoms with E-state index in [4.69, 9.17) is 17.2 Å². The zero-order chi connectivity index (χ0) is 28.1. The highest BCUT2D eigenvalue weighted by Crippen LogP contribution is 2.27. The minimum Gasteiger partial charge on any atom is -0.383 e. The van der Waals surface area contributed by atoms with Crippen molar-refractivity contribution in [2.24, 2.45) is 5.73 Å². The van der Waals surface area contributed by atoms with Crippen LogP contribution >= 0.6 is 0 Å². The topological polar surface area (TPSA) is 142 Å². The SMILES string of the molecule is CCCCCCCCN.CCCCCCCCNCC1=CCc2c(N)ncnc21.Nc1ncnc2c1CC=C2. The number of hydrogen-bond donors (Lipinski definition) is 4. The fourth-order valence-corrected chi connectivity index (χ4v) is 4.64. The molecule has 0 amide bonds. The summed E-state index contributed by atoms with van der Waals surface area (Å²) in [6.45, 7) is 7.33. The summed E-state index contributed by atoms with van der Waals surface area (Å²) in [4.78, 5) is 16.3. The van der Waals surface area contributed by atoms with Crippen LogP contribution in [0.4, 0.5) is 11.6 Å². The number of rotatable bonds is 15. The van der Waals surface area contributed by atoms with Crippen LogP contribution in [0.15, 0.2) is 24.8 Å². The second-order valence-electron chi connectivity index (χ2n) is 10.2. The van der Waals surface area contributed by atoms with E-state index in [2.05, 4.69) is 45.2 Å². The van der Waals surface area contributed by atoms with Gasteiger partial charge in [0.05, 0.1) is 11.4 Å². The molecule has 0 saturated carbocycles. The van der Waals surface area contributed by atoms with Crippen LogP contribution in [0.1, 0.15) is 113 Å². The molecule has 2 aromatic heterocycles. The van der Waals surface area contributed by atoms with E-state index in [9.17, 15) is 0 Å². The van der Waals surface area contributed by atoms with Crippen LogP contribution in [0.3, 0.4) is 0 Å². The highest BCUT2D eigenvalue weighted by molar-refractivity contribution is 5.74. The molecule has 2 heterocycles. The zero-order valence-corrected chi connectivity index (χ0v) is 24.4. The Labute approximate surface area is 236 Å². The Kier molecular flexibility index (Phi) is 16.7. The third-order valence-corrected chi connectivity index (χ3v) is 7.03. The molecule has 0 spiro atoms. The van der Waals surface area contributed by atoms with Crippen molar-refractivity contribution in [3.63, 3.8) is 0 Å². The molecule has 0 fully saturated rings. The van der Waals surface area contributed by atoms with Crippen LogP contribution in [0, 0.1) is 0 Å². The van der Waals surface area contributed by atoms with E-state index >= 15 is 0 Å². The van der Waals surface area contributed by atoms with Gasteiger partial charge >= 0.3 is 0 Å². The lowest BCUT2D eigenvalue weighted by molar-refractivity contribution is 0.586. The van der Waals surface area contributed by atoms with Crippen LogP contribution in [0.25, 0.3) is 11.6 Å². The molecule has 2 aliphatic carbocycles. The Morgan fingerprint density at radius 2 is 1.33 bits per heavy atom. The first kappa shape index (κ1) is 32.4. The average molecular weight is 537 g/mol. The maximum atomic E-state index is 5.86. The molecule has 2 aromatic rings. The number of nitrogen functional groups attached to an aromatic ring is 2. The Hall–Kier alpha value is -2.84. The van der Waals surface area contributed by atoms with E-state index in [-0.39, 0.29) is 0 Å². The first-order chi connectivity index (χ1) is 19.1. The van der Waals surface area contributed by atoms with E-state index in [1.54, 1.807) is 6.33 Å². The van der Waals surface area contributed by atoms with E-state index in [1.807, 2.05) is 12.2 Å². The molecule has 7 N–H and O–H groups in total. The third-order valence-electron chi connectivity index (χ3n) is 7.03. The van der Waals surface area contributed by atoms with Gasteiger partial charge in [0.2, 0.25) is 0 Å². The summed E-state index contributed by atoms with van der Waals surface area (Å²) in [6, 6.07) is 0. The van der Waals surface area contributed by atoms with Crippen molar-refractivity contribution >= 4 is 23.3 Å². The quantitative estimate of drug-likeness (QED) is 0.207. The van der Waals surface area contributed by atoms with Gasteiger partial charge in [0.15, 0.2) is 0 Å². The molecule has 39 heavy (non-hydrogen) atoms. The molecular formula is C31H52N8. The molecule has 0 radical (unpaired) electrons. The van der Waals surface area contributed by atoms with E-state index in [0.717, 1.165) is 55.0 Å². The second-order valence-corrected chi connectivity index (χ2v) is 10.2. The second kappa shape index (κ2) is 20.1. The number of allylic oxidation sites excluding steroid dienone is 2. The van der Waals surface area contributed by atoms with Crippen LogP contribution in [-0.4, -0.2) is 39.6 Å². The first-order valence-electron chi connectivity index (χ1n) is 15.1. The molecule has 0 saturated heterocycles. The monoisotopic (exact) mass is 536 g/mol. The molecule has 4 rings (SSSR count).